The number of nitrogens with one attached hydrogen (secondary N) is 1. The summed E-state index contributed by atoms with van der Waals surface area (Å²) < 4.78 is 0. The van der Waals surface area contributed by atoms with Gasteiger partial charge >= 0.3 is 0 Å². The second-order valence-electron chi connectivity index (χ2n) is 4.95. The van der Waals surface area contributed by atoms with Crippen molar-refractivity contribution in [1.82, 2.24) is 14.9 Å². The molecule has 94 valence electrons. The number of piperidine rings is 1. The van der Waals surface area contributed by atoms with Crippen molar-refractivity contribution in [3.8, 4) is 0 Å². The molecule has 0 radical (unpaired) electrons. The van der Waals surface area contributed by atoms with Gasteiger partial charge in [-0.05, 0) is 33.7 Å². The lowest BCUT2D eigenvalue weighted by Crippen LogP contribution is -2.42. The van der Waals surface area contributed by atoms with Gasteiger partial charge in [-0.25, -0.2) is 4.98 Å². The number of likely N-dealkylation sites (tertiary alicyclic amines) is 1. The van der Waals surface area contributed by atoms with Crippen LogP contribution in [-0.4, -0.2) is 40.5 Å². The van der Waals surface area contributed by atoms with Crippen molar-refractivity contribution in [2.75, 3.05) is 24.6 Å². The first-order chi connectivity index (χ1) is 8.04. The number of nitrogen functional groups attached to an aromatic ring is 1. The summed E-state index contributed by atoms with van der Waals surface area (Å²) in [5.74, 6) is 1.19. The number of anilines is 2. The predicted octanol–water partition coefficient (Wildman–Crippen LogP) is 1.26. The largest absolute Gasteiger partial charge is 0.368 e. The molecule has 3 N–H and O–H groups in total. The third-order valence-electron chi connectivity index (χ3n) is 3.43. The lowest BCUT2D eigenvalue weighted by atomic mass is 9.99. The average Bonchev–Trinajstić information content (AvgIpc) is 2.22. The van der Waals surface area contributed by atoms with Crippen LogP contribution in [0.5, 0.6) is 0 Å². The highest BCUT2D eigenvalue weighted by molar-refractivity contribution is 5.41. The summed E-state index contributed by atoms with van der Waals surface area (Å²) in [6, 6.07) is 3.04. The number of nitrogens with zero attached hydrogens (tertiary/aromatic N) is 3. The van der Waals surface area contributed by atoms with Gasteiger partial charge in [0.1, 0.15) is 5.82 Å². The Bertz CT molecular complexity index is 372. The predicted molar refractivity (Wildman–Crippen MR) is 69.9 cm³/mol. The smallest absolute Gasteiger partial charge is 0.222 e. The third-order valence-corrected chi connectivity index (χ3v) is 3.43. The van der Waals surface area contributed by atoms with Gasteiger partial charge < -0.3 is 16.0 Å². The molecule has 1 aromatic heterocycles. The fraction of sp³-hybridized carbons (Fsp3) is 0.667. The molecule has 1 aromatic rings. The van der Waals surface area contributed by atoms with Gasteiger partial charge in [0.2, 0.25) is 5.95 Å². The summed E-state index contributed by atoms with van der Waals surface area (Å²) >= 11 is 0. The van der Waals surface area contributed by atoms with Crippen LogP contribution in [0.1, 0.15) is 25.5 Å². The third kappa shape index (κ3) is 3.06. The minimum absolute atomic E-state index is 0.341. The van der Waals surface area contributed by atoms with Gasteiger partial charge in [-0.15, -0.1) is 0 Å². The van der Waals surface area contributed by atoms with Crippen molar-refractivity contribution in [2.45, 2.75) is 38.8 Å². The zero-order valence-corrected chi connectivity index (χ0v) is 10.8. The van der Waals surface area contributed by atoms with Crippen molar-refractivity contribution in [3.05, 3.63) is 11.8 Å². The average molecular weight is 235 g/mol. The van der Waals surface area contributed by atoms with Crippen LogP contribution in [0.2, 0.25) is 0 Å². The molecule has 0 spiro atoms. The summed E-state index contributed by atoms with van der Waals surface area (Å²) in [6.07, 6.45) is 2.28. The molecule has 0 bridgehead atoms. The topological polar surface area (TPSA) is 67.1 Å². The molecule has 2 unspecified atom stereocenters. The van der Waals surface area contributed by atoms with E-state index in [0.29, 0.717) is 18.0 Å². The molecule has 0 aromatic carbocycles. The van der Waals surface area contributed by atoms with E-state index in [1.54, 1.807) is 0 Å². The van der Waals surface area contributed by atoms with E-state index in [0.717, 1.165) is 30.9 Å². The van der Waals surface area contributed by atoms with Gasteiger partial charge in [0.15, 0.2) is 0 Å². The minimum atomic E-state index is 0.341. The maximum atomic E-state index is 5.64. The van der Waals surface area contributed by atoms with Gasteiger partial charge in [0, 0.05) is 30.4 Å². The second kappa shape index (κ2) is 4.87. The molecule has 2 rings (SSSR count). The molecule has 2 heterocycles. The van der Waals surface area contributed by atoms with E-state index in [1.165, 1.54) is 0 Å². The van der Waals surface area contributed by atoms with Gasteiger partial charge in [0.05, 0.1) is 0 Å². The molecule has 1 aliphatic rings. The fourth-order valence-electron chi connectivity index (χ4n) is 2.30. The van der Waals surface area contributed by atoms with Crippen LogP contribution in [0.15, 0.2) is 6.07 Å². The normalized spacial score (nSPS) is 25.8. The maximum absolute atomic E-state index is 5.64. The molecule has 1 aliphatic heterocycles. The molecule has 5 heteroatoms. The Kier molecular flexibility index (Phi) is 3.47. The molecule has 0 aliphatic carbocycles. The molecule has 1 fully saturated rings. The standard InChI is InChI=1S/C12H21N5/c1-8-6-11(16-12(13)14-8)15-10-4-5-17(3)9(2)7-10/h6,9-10H,4-5,7H2,1-3H3,(H3,13,14,15,16). The summed E-state index contributed by atoms with van der Waals surface area (Å²) in [4.78, 5) is 10.7. The van der Waals surface area contributed by atoms with E-state index in [1.807, 2.05) is 13.0 Å². The second-order valence-corrected chi connectivity index (χ2v) is 4.95. The van der Waals surface area contributed by atoms with Crippen molar-refractivity contribution >= 4 is 11.8 Å². The van der Waals surface area contributed by atoms with E-state index in [-0.39, 0.29) is 0 Å². The number of hydrogen-bond donors (Lipinski definition) is 2. The van der Waals surface area contributed by atoms with E-state index >= 15 is 0 Å². The minimum Gasteiger partial charge on any atom is -0.368 e. The molecule has 17 heavy (non-hydrogen) atoms. The summed E-state index contributed by atoms with van der Waals surface area (Å²) in [5.41, 5.74) is 6.55. The van der Waals surface area contributed by atoms with Crippen molar-refractivity contribution in [1.29, 1.82) is 0 Å². The van der Waals surface area contributed by atoms with Gasteiger partial charge in [-0.2, -0.15) is 4.98 Å². The number of hydrogen-bond acceptors (Lipinski definition) is 5. The molecule has 5 nitrogen and oxygen atoms in total. The lowest BCUT2D eigenvalue weighted by Gasteiger charge is -2.35. The lowest BCUT2D eigenvalue weighted by molar-refractivity contribution is 0.190. The number of aromatic nitrogens is 2. The number of rotatable bonds is 2. The fourth-order valence-corrected chi connectivity index (χ4v) is 2.30. The Labute approximate surface area is 102 Å². The SMILES string of the molecule is Cc1cc(NC2CCN(C)C(C)C2)nc(N)n1. The van der Waals surface area contributed by atoms with E-state index < -0.39 is 0 Å². The Hall–Kier alpha value is -1.36. The molecular weight excluding hydrogens is 214 g/mol. The van der Waals surface area contributed by atoms with Crippen molar-refractivity contribution in [3.63, 3.8) is 0 Å². The first kappa shape index (κ1) is 12.1. The maximum Gasteiger partial charge on any atom is 0.222 e. The van der Waals surface area contributed by atoms with E-state index in [2.05, 4.69) is 34.2 Å². The molecule has 0 saturated carbocycles. The molecular formula is C12H21N5. The van der Waals surface area contributed by atoms with Gasteiger partial charge in [0.25, 0.3) is 0 Å². The van der Waals surface area contributed by atoms with Crippen LogP contribution in [0.4, 0.5) is 11.8 Å². The number of aryl methyl sites for hydroxylation is 1. The summed E-state index contributed by atoms with van der Waals surface area (Å²) in [5, 5.41) is 3.46. The number of nitrogens with two attached hydrogens (primary N) is 1. The molecule has 1 saturated heterocycles. The van der Waals surface area contributed by atoms with Crippen LogP contribution in [0, 0.1) is 6.92 Å². The van der Waals surface area contributed by atoms with Crippen LogP contribution in [0.25, 0.3) is 0 Å². The van der Waals surface area contributed by atoms with Crippen molar-refractivity contribution in [2.24, 2.45) is 0 Å². The highest BCUT2D eigenvalue weighted by atomic mass is 15.2. The Morgan fingerprint density at radius 1 is 1.47 bits per heavy atom. The van der Waals surface area contributed by atoms with Gasteiger partial charge in [-0.3, -0.25) is 0 Å². The highest BCUT2D eigenvalue weighted by Crippen LogP contribution is 2.19. The van der Waals surface area contributed by atoms with Crippen LogP contribution in [0.3, 0.4) is 0 Å². The zero-order valence-electron chi connectivity index (χ0n) is 10.8. The van der Waals surface area contributed by atoms with E-state index in [4.69, 9.17) is 5.73 Å². The highest BCUT2D eigenvalue weighted by Gasteiger charge is 2.22. The van der Waals surface area contributed by atoms with Crippen LogP contribution < -0.4 is 11.1 Å². The van der Waals surface area contributed by atoms with Crippen molar-refractivity contribution < 1.29 is 0 Å². The van der Waals surface area contributed by atoms with E-state index in [9.17, 15) is 0 Å². The first-order valence-electron chi connectivity index (χ1n) is 6.12. The Morgan fingerprint density at radius 3 is 2.88 bits per heavy atom. The summed E-state index contributed by atoms with van der Waals surface area (Å²) in [7, 11) is 2.17. The quantitative estimate of drug-likeness (QED) is 0.808. The Morgan fingerprint density at radius 2 is 2.24 bits per heavy atom. The Balaban J connectivity index is 2.01. The van der Waals surface area contributed by atoms with Crippen LogP contribution in [-0.2, 0) is 0 Å². The molecule has 0 amide bonds. The van der Waals surface area contributed by atoms with Crippen LogP contribution >= 0.6 is 0 Å². The zero-order chi connectivity index (χ0) is 12.4. The molecule has 2 atom stereocenters. The van der Waals surface area contributed by atoms with Gasteiger partial charge in [-0.1, -0.05) is 0 Å². The first-order valence-corrected chi connectivity index (χ1v) is 6.12. The summed E-state index contributed by atoms with van der Waals surface area (Å²) in [6.45, 7) is 5.31. The monoisotopic (exact) mass is 235 g/mol.